The quantitative estimate of drug-likeness (QED) is 0.163. The van der Waals surface area contributed by atoms with Crippen LogP contribution in [0.2, 0.25) is 0 Å². The van der Waals surface area contributed by atoms with Gasteiger partial charge >= 0.3 is 0 Å². The van der Waals surface area contributed by atoms with Crippen LogP contribution in [0.5, 0.6) is 0 Å². The lowest BCUT2D eigenvalue weighted by Gasteiger charge is -2.11. The third kappa shape index (κ3) is 6.43. The Hall–Kier alpha value is -7.95. The average molecular weight is 754 g/mol. The van der Waals surface area contributed by atoms with Gasteiger partial charge < -0.3 is 4.42 Å². The van der Waals surface area contributed by atoms with E-state index in [1.54, 1.807) is 0 Å². The van der Waals surface area contributed by atoms with Gasteiger partial charge in [0.25, 0.3) is 0 Å². The molecule has 0 amide bonds. The number of nitrogens with zero attached hydrogens (tertiary/aromatic N) is 3. The molecule has 4 nitrogen and oxygen atoms in total. The third-order valence-electron chi connectivity index (χ3n) is 11.1. The van der Waals surface area contributed by atoms with Gasteiger partial charge in [0.05, 0.1) is 0 Å². The summed E-state index contributed by atoms with van der Waals surface area (Å²) >= 11 is 0. The summed E-state index contributed by atoms with van der Waals surface area (Å²) in [5.41, 5.74) is 13.6. The fourth-order valence-corrected chi connectivity index (χ4v) is 8.20. The van der Waals surface area contributed by atoms with Crippen molar-refractivity contribution < 1.29 is 4.42 Å². The zero-order chi connectivity index (χ0) is 39.1. The first kappa shape index (κ1) is 34.3. The zero-order valence-electron chi connectivity index (χ0n) is 32.0. The van der Waals surface area contributed by atoms with E-state index in [1.165, 1.54) is 27.6 Å². The maximum Gasteiger partial charge on any atom is 0.164 e. The van der Waals surface area contributed by atoms with Crippen LogP contribution in [0.4, 0.5) is 0 Å². The smallest absolute Gasteiger partial charge is 0.164 e. The molecule has 0 aliphatic rings. The SMILES string of the molecule is c1ccc(-c2ccc(-c3nc(-c4ccc5c(-c6ccccc6)cccc5c4)nc(-c4ccc5c(c4)oc4cccc(-c6cccc(-c7ccccc7)c6)c45)n3)cc2)cc1. The highest BCUT2D eigenvalue weighted by Crippen LogP contribution is 2.40. The van der Waals surface area contributed by atoms with Gasteiger partial charge in [-0.2, -0.15) is 0 Å². The summed E-state index contributed by atoms with van der Waals surface area (Å²) in [6.45, 7) is 0. The van der Waals surface area contributed by atoms with Gasteiger partial charge in [0.1, 0.15) is 11.2 Å². The Morgan fingerprint density at radius 2 is 0.763 bits per heavy atom. The molecule has 2 heterocycles. The van der Waals surface area contributed by atoms with E-state index in [0.717, 1.165) is 66.3 Å². The molecule has 4 heteroatoms. The second-order valence-corrected chi connectivity index (χ2v) is 14.8. The van der Waals surface area contributed by atoms with Gasteiger partial charge in [-0.1, -0.05) is 182 Å². The summed E-state index contributed by atoms with van der Waals surface area (Å²) in [5.74, 6) is 1.79. The molecule has 0 unspecified atom stereocenters. The Balaban J connectivity index is 1.03. The number of hydrogen-bond donors (Lipinski definition) is 0. The van der Waals surface area contributed by atoms with Crippen molar-refractivity contribution >= 4 is 32.7 Å². The summed E-state index contributed by atoms with van der Waals surface area (Å²) in [6.07, 6.45) is 0. The first-order valence-electron chi connectivity index (χ1n) is 19.8. The van der Waals surface area contributed by atoms with Gasteiger partial charge in [-0.05, 0) is 85.6 Å². The molecule has 0 spiro atoms. The summed E-state index contributed by atoms with van der Waals surface area (Å²) in [7, 11) is 0. The van der Waals surface area contributed by atoms with Crippen LogP contribution in [-0.4, -0.2) is 15.0 Å². The van der Waals surface area contributed by atoms with E-state index < -0.39 is 0 Å². The number of rotatable bonds is 7. The second-order valence-electron chi connectivity index (χ2n) is 14.8. The molecule has 0 radical (unpaired) electrons. The number of furan rings is 1. The molecule has 0 N–H and O–H groups in total. The molecule has 59 heavy (non-hydrogen) atoms. The van der Waals surface area contributed by atoms with Crippen LogP contribution in [0.3, 0.4) is 0 Å². The molecular formula is C55H35N3O. The maximum absolute atomic E-state index is 6.60. The fraction of sp³-hybridized carbons (Fsp3) is 0. The van der Waals surface area contributed by atoms with Crippen LogP contribution in [-0.2, 0) is 0 Å². The van der Waals surface area contributed by atoms with E-state index >= 15 is 0 Å². The molecule has 276 valence electrons. The van der Waals surface area contributed by atoms with Gasteiger partial charge in [0.15, 0.2) is 17.5 Å². The number of aromatic nitrogens is 3. The lowest BCUT2D eigenvalue weighted by molar-refractivity contribution is 0.669. The monoisotopic (exact) mass is 753 g/mol. The van der Waals surface area contributed by atoms with Gasteiger partial charge in [0.2, 0.25) is 0 Å². The number of benzene rings is 9. The largest absolute Gasteiger partial charge is 0.456 e. The Bertz CT molecular complexity index is 3300. The van der Waals surface area contributed by atoms with E-state index in [4.69, 9.17) is 19.4 Å². The van der Waals surface area contributed by atoms with Crippen LogP contribution in [0, 0.1) is 0 Å². The van der Waals surface area contributed by atoms with Crippen molar-refractivity contribution in [1.82, 2.24) is 15.0 Å². The molecule has 0 fully saturated rings. The molecular weight excluding hydrogens is 719 g/mol. The maximum atomic E-state index is 6.60. The van der Waals surface area contributed by atoms with Crippen molar-refractivity contribution in [1.29, 1.82) is 0 Å². The van der Waals surface area contributed by atoms with Crippen molar-refractivity contribution in [3.05, 3.63) is 212 Å². The standard InChI is InChI=1S/C55H35N3O/c1-4-13-36(14-5-1)38-25-27-40(28-26-38)53-56-54(44-29-31-47-42(34-44)21-11-22-46(47)39-17-8-3-9-18-39)58-55(57-53)45-30-32-49-51(35-45)59-50-24-12-23-48(52(49)50)43-20-10-19-41(33-43)37-15-6-2-7-16-37/h1-35H. The predicted octanol–water partition coefficient (Wildman–Crippen LogP) is 14.6. The molecule has 0 saturated carbocycles. The van der Waals surface area contributed by atoms with Gasteiger partial charge in [-0.3, -0.25) is 0 Å². The Labute approximate surface area is 341 Å². The topological polar surface area (TPSA) is 51.8 Å². The summed E-state index contributed by atoms with van der Waals surface area (Å²) in [6, 6.07) is 74.1. The van der Waals surface area contributed by atoms with Crippen LogP contribution in [0.15, 0.2) is 217 Å². The normalized spacial score (nSPS) is 11.4. The van der Waals surface area contributed by atoms with Crippen LogP contribution in [0.1, 0.15) is 0 Å². The van der Waals surface area contributed by atoms with E-state index in [1.807, 2.05) is 24.3 Å². The number of fused-ring (bicyclic) bond motifs is 4. The minimum Gasteiger partial charge on any atom is -0.456 e. The van der Waals surface area contributed by atoms with Crippen LogP contribution < -0.4 is 0 Å². The van der Waals surface area contributed by atoms with Crippen molar-refractivity contribution in [2.75, 3.05) is 0 Å². The second kappa shape index (κ2) is 14.5. The predicted molar refractivity (Wildman–Crippen MR) is 243 cm³/mol. The molecule has 2 aromatic heterocycles. The molecule has 11 rings (SSSR count). The molecule has 0 bridgehead atoms. The van der Waals surface area contributed by atoms with Gasteiger partial charge in [-0.25, -0.2) is 15.0 Å². The summed E-state index contributed by atoms with van der Waals surface area (Å²) in [4.78, 5) is 15.4. The van der Waals surface area contributed by atoms with Crippen LogP contribution >= 0.6 is 0 Å². The average Bonchev–Trinajstić information content (AvgIpc) is 3.70. The van der Waals surface area contributed by atoms with Gasteiger partial charge in [0, 0.05) is 27.5 Å². The van der Waals surface area contributed by atoms with E-state index in [9.17, 15) is 0 Å². The van der Waals surface area contributed by atoms with E-state index in [0.29, 0.717) is 17.5 Å². The highest BCUT2D eigenvalue weighted by molar-refractivity contribution is 6.13. The molecule has 9 aromatic carbocycles. The Morgan fingerprint density at radius 3 is 1.47 bits per heavy atom. The third-order valence-corrected chi connectivity index (χ3v) is 11.1. The molecule has 0 aliphatic carbocycles. The molecule has 0 saturated heterocycles. The molecule has 0 atom stereocenters. The Kier molecular flexibility index (Phi) is 8.45. The lowest BCUT2D eigenvalue weighted by atomic mass is 9.96. The highest BCUT2D eigenvalue weighted by atomic mass is 16.3. The molecule has 0 aliphatic heterocycles. The minimum absolute atomic E-state index is 0.577. The highest BCUT2D eigenvalue weighted by Gasteiger charge is 2.18. The lowest BCUT2D eigenvalue weighted by Crippen LogP contribution is -2.00. The zero-order valence-corrected chi connectivity index (χ0v) is 32.0. The number of hydrogen-bond acceptors (Lipinski definition) is 4. The summed E-state index contributed by atoms with van der Waals surface area (Å²) < 4.78 is 6.60. The summed E-state index contributed by atoms with van der Waals surface area (Å²) in [5, 5.41) is 4.42. The van der Waals surface area contributed by atoms with Gasteiger partial charge in [-0.15, -0.1) is 0 Å². The van der Waals surface area contributed by atoms with Crippen LogP contribution in [0.25, 0.3) is 111 Å². The first-order chi connectivity index (χ1) is 29.2. The molecule has 11 aromatic rings. The van der Waals surface area contributed by atoms with E-state index in [-0.39, 0.29) is 0 Å². The van der Waals surface area contributed by atoms with Crippen molar-refractivity contribution in [3.63, 3.8) is 0 Å². The van der Waals surface area contributed by atoms with E-state index in [2.05, 4.69) is 188 Å². The van der Waals surface area contributed by atoms with Crippen molar-refractivity contribution in [3.8, 4) is 78.7 Å². The minimum atomic E-state index is 0.577. The first-order valence-corrected chi connectivity index (χ1v) is 19.8. The van der Waals surface area contributed by atoms with Crippen molar-refractivity contribution in [2.24, 2.45) is 0 Å². The fourth-order valence-electron chi connectivity index (χ4n) is 8.20. The Morgan fingerprint density at radius 1 is 0.271 bits per heavy atom. The van der Waals surface area contributed by atoms with Crippen molar-refractivity contribution in [2.45, 2.75) is 0 Å².